The quantitative estimate of drug-likeness (QED) is 0.122. The molecule has 8 nitrogen and oxygen atoms in total. The second kappa shape index (κ2) is 31.1. The number of rotatable bonds is 10. The van der Waals surface area contributed by atoms with Crippen LogP contribution in [0.1, 0.15) is 53.4 Å². The molecule has 0 aliphatic carbocycles. The van der Waals surface area contributed by atoms with E-state index in [4.69, 9.17) is 0 Å². The molecule has 0 bridgehead atoms. The van der Waals surface area contributed by atoms with Crippen LogP contribution in [0, 0.1) is 0 Å². The van der Waals surface area contributed by atoms with E-state index in [9.17, 15) is 34.5 Å². The Bertz CT molecular complexity index is 526. The third-order valence-electron chi connectivity index (χ3n) is 2.65. The van der Waals surface area contributed by atoms with Gasteiger partial charge in [-0.25, -0.2) is 4.79 Å². The second-order valence-electron chi connectivity index (χ2n) is 5.77. The monoisotopic (exact) mass is 556 g/mol. The standard InChI is InChI=1S/C5H8O2.C4H4O4.C4H6O2.2C4H9.Na.Sn/c1-4(2)5(6)7-3;5-3(6)1-2-4(7)8;1-3(2)4(5)6;2*1-3-4-2;;/h1H2,2-3H3;1-2H,(H,5,6)(H,7,8);1H2,2H3,(H,5,6);2*1,3-4H2,2H3;;/q;;;;;+1;+2/p-3/b;2-1-;;;;;. The van der Waals surface area contributed by atoms with E-state index in [1.807, 2.05) is 0 Å². The number of esters is 1. The van der Waals surface area contributed by atoms with Crippen molar-refractivity contribution in [3.8, 4) is 0 Å². The van der Waals surface area contributed by atoms with Gasteiger partial charge in [-0.1, -0.05) is 13.2 Å². The predicted octanol–water partition coefficient (Wildman–Crippen LogP) is -2.78. The summed E-state index contributed by atoms with van der Waals surface area (Å²) in [5, 5.41) is 28.3. The molecule has 0 aromatic heterocycles. The minimum atomic E-state index is -1.55. The van der Waals surface area contributed by atoms with Crippen LogP contribution >= 0.6 is 0 Å². The number of hydrogen-bond donors (Lipinski definition) is 0. The van der Waals surface area contributed by atoms with E-state index >= 15 is 0 Å². The maximum Gasteiger partial charge on any atom is 1.00 e. The Morgan fingerprint density at radius 3 is 1.29 bits per heavy atom. The summed E-state index contributed by atoms with van der Waals surface area (Å²) >= 11 is 0.149. The van der Waals surface area contributed by atoms with Crippen LogP contribution in [0.2, 0.25) is 8.87 Å². The number of unbranched alkanes of at least 4 members (excludes halogenated alkanes) is 2. The molecule has 0 N–H and O–H groups in total. The molecule has 0 aromatic rings. The first kappa shape index (κ1) is 40.3. The van der Waals surface area contributed by atoms with E-state index in [0.717, 1.165) is 0 Å². The smallest absolute Gasteiger partial charge is 0.545 e. The van der Waals surface area contributed by atoms with Crippen LogP contribution in [0.4, 0.5) is 0 Å². The van der Waals surface area contributed by atoms with Gasteiger partial charge >= 0.3 is 105 Å². The molecule has 0 aromatic carbocycles. The Hall–Kier alpha value is -1.10. The van der Waals surface area contributed by atoms with Crippen LogP contribution in [0.3, 0.4) is 0 Å². The van der Waals surface area contributed by atoms with Crippen molar-refractivity contribution in [2.24, 2.45) is 0 Å². The van der Waals surface area contributed by atoms with E-state index in [-0.39, 0.29) is 62.2 Å². The van der Waals surface area contributed by atoms with Crippen molar-refractivity contribution in [1.82, 2.24) is 0 Å². The normalized spacial score (nSPS) is 8.29. The van der Waals surface area contributed by atoms with Gasteiger partial charge in [-0.15, -0.1) is 0 Å². The molecule has 0 saturated carbocycles. The zero-order valence-electron chi connectivity index (χ0n) is 19.6. The fourth-order valence-electron chi connectivity index (χ4n) is 1.04. The van der Waals surface area contributed by atoms with Crippen LogP contribution in [-0.2, 0) is 23.9 Å². The van der Waals surface area contributed by atoms with Crippen LogP contribution in [0.5, 0.6) is 0 Å². The van der Waals surface area contributed by atoms with Crippen molar-refractivity contribution in [3.05, 3.63) is 36.5 Å². The summed E-state index contributed by atoms with van der Waals surface area (Å²) in [6, 6.07) is 0. The molecule has 0 saturated heterocycles. The summed E-state index contributed by atoms with van der Waals surface area (Å²) in [7, 11) is 1.33. The van der Waals surface area contributed by atoms with E-state index in [0.29, 0.717) is 17.7 Å². The molecule has 0 aliphatic heterocycles. The Morgan fingerprint density at radius 1 is 0.839 bits per heavy atom. The van der Waals surface area contributed by atoms with Gasteiger partial charge in [0, 0.05) is 5.57 Å². The van der Waals surface area contributed by atoms with Crippen molar-refractivity contribution in [2.45, 2.75) is 62.3 Å². The Balaban J connectivity index is -0.0000000969. The number of hydrogen-bond acceptors (Lipinski definition) is 8. The Morgan fingerprint density at radius 2 is 1.16 bits per heavy atom. The average molecular weight is 555 g/mol. The summed E-state index contributed by atoms with van der Waals surface area (Å²) in [6.45, 7) is 14.0. The first-order valence-corrected chi connectivity index (χ1v) is 13.3. The van der Waals surface area contributed by atoms with Gasteiger partial charge < -0.3 is 34.4 Å². The molecule has 0 amide bonds. The van der Waals surface area contributed by atoms with E-state index in [1.54, 1.807) is 15.8 Å². The van der Waals surface area contributed by atoms with Gasteiger partial charge in [0.15, 0.2) is 0 Å². The largest absolute Gasteiger partial charge is 1.00 e. The fourth-order valence-corrected chi connectivity index (χ4v) is 5.20. The Labute approximate surface area is 218 Å². The molecule has 0 rings (SSSR count). The number of carbonyl (C=O) groups excluding carboxylic acids is 4. The third kappa shape index (κ3) is 52.8. The number of ether oxygens (including phenoxy) is 1. The zero-order chi connectivity index (χ0) is 24.5. The number of carbonyl (C=O) groups is 4. The van der Waals surface area contributed by atoms with Crippen LogP contribution < -0.4 is 44.9 Å². The average Bonchev–Trinajstić information content (AvgIpc) is 2.67. The SMILES string of the molecule is C=C(C)C(=O)OC.C=C(C)C(=O)[O-].CCC[CH2][Sn+2][CH2]CCC.O=C([O-])/C=C\C(=O)[O-].[Na+]. The first-order chi connectivity index (χ1) is 13.9. The molecule has 0 heterocycles. The molecule has 0 fully saturated rings. The summed E-state index contributed by atoms with van der Waals surface area (Å²) in [6.07, 6.45) is 6.61. The maximum absolute atomic E-state index is 10.2. The fraction of sp³-hybridized carbons (Fsp3) is 0.524. The van der Waals surface area contributed by atoms with Gasteiger partial charge in [0.1, 0.15) is 0 Å². The van der Waals surface area contributed by atoms with Crippen LogP contribution in [0.25, 0.3) is 0 Å². The number of aliphatic carboxylic acids is 3. The van der Waals surface area contributed by atoms with E-state index in [1.165, 1.54) is 39.7 Å². The molecule has 0 radical (unpaired) electrons. The summed E-state index contributed by atoms with van der Waals surface area (Å²) in [4.78, 5) is 38.5. The van der Waals surface area contributed by atoms with Gasteiger partial charge in [-0.2, -0.15) is 0 Å². The molecule has 0 aliphatic rings. The van der Waals surface area contributed by atoms with Crippen LogP contribution in [-0.4, -0.2) is 52.1 Å². The van der Waals surface area contributed by atoms with Crippen LogP contribution in [0.15, 0.2) is 36.5 Å². The summed E-state index contributed by atoms with van der Waals surface area (Å²) in [5.74, 6) is -4.63. The molecule has 10 heteroatoms. The van der Waals surface area contributed by atoms with Crippen molar-refractivity contribution >= 4 is 45.0 Å². The number of methoxy groups -OCH3 is 1. The van der Waals surface area contributed by atoms with E-state index in [2.05, 4.69) is 31.7 Å². The maximum atomic E-state index is 10.2. The predicted molar refractivity (Wildman–Crippen MR) is 111 cm³/mol. The molecule has 170 valence electrons. The number of carboxylic acids is 3. The molecular weight excluding hydrogens is 522 g/mol. The minimum absolute atomic E-state index is 0. The van der Waals surface area contributed by atoms with Gasteiger partial charge in [-0.05, 0) is 31.6 Å². The molecule has 0 spiro atoms. The summed E-state index contributed by atoms with van der Waals surface area (Å²) in [5.41, 5.74) is 0.498. The Kier molecular flexibility index (Phi) is 40.4. The van der Waals surface area contributed by atoms with Gasteiger partial charge in [-0.3, -0.25) is 0 Å². The molecular formula is C21H33NaO8Sn. The first-order valence-electron chi connectivity index (χ1n) is 9.28. The topological polar surface area (TPSA) is 147 Å². The zero-order valence-corrected chi connectivity index (χ0v) is 24.4. The number of carboxylic acid groups (broad SMARTS) is 3. The van der Waals surface area contributed by atoms with Gasteiger partial charge in [0.25, 0.3) is 0 Å². The van der Waals surface area contributed by atoms with Crippen molar-refractivity contribution in [2.75, 3.05) is 7.11 Å². The van der Waals surface area contributed by atoms with Gasteiger partial charge in [0.05, 0.1) is 25.0 Å². The van der Waals surface area contributed by atoms with Crippen molar-refractivity contribution in [3.63, 3.8) is 0 Å². The molecule has 31 heavy (non-hydrogen) atoms. The summed E-state index contributed by atoms with van der Waals surface area (Å²) < 4.78 is 7.52. The third-order valence-corrected chi connectivity index (χ3v) is 6.69. The van der Waals surface area contributed by atoms with Crippen molar-refractivity contribution < 1.29 is 68.8 Å². The minimum Gasteiger partial charge on any atom is -0.545 e. The molecule has 0 unspecified atom stereocenters. The van der Waals surface area contributed by atoms with Crippen molar-refractivity contribution in [1.29, 1.82) is 0 Å². The molecule has 0 atom stereocenters. The van der Waals surface area contributed by atoms with Gasteiger partial charge in [0.2, 0.25) is 0 Å². The van der Waals surface area contributed by atoms with E-state index < -0.39 is 17.9 Å². The second-order valence-corrected chi connectivity index (χ2v) is 10.0.